The third kappa shape index (κ3) is 3.25. The van der Waals surface area contributed by atoms with E-state index in [0.29, 0.717) is 5.69 Å². The van der Waals surface area contributed by atoms with Crippen molar-refractivity contribution >= 4 is 33.2 Å². The SMILES string of the molecule is N#CC(Nc1cccc(Br)c1)c1c(F)cccc1Cl. The van der Waals surface area contributed by atoms with E-state index in [1.807, 2.05) is 18.2 Å². The minimum Gasteiger partial charge on any atom is -0.366 e. The summed E-state index contributed by atoms with van der Waals surface area (Å²) >= 11 is 9.30. The van der Waals surface area contributed by atoms with Gasteiger partial charge in [-0.15, -0.1) is 0 Å². The van der Waals surface area contributed by atoms with Crippen LogP contribution in [0.25, 0.3) is 0 Å². The van der Waals surface area contributed by atoms with E-state index in [4.69, 9.17) is 11.6 Å². The molecular weight excluding hydrogens is 331 g/mol. The summed E-state index contributed by atoms with van der Waals surface area (Å²) in [5, 5.41) is 12.4. The summed E-state index contributed by atoms with van der Waals surface area (Å²) in [6, 6.07) is 12.8. The van der Waals surface area contributed by atoms with Crippen molar-refractivity contribution in [1.82, 2.24) is 0 Å². The van der Waals surface area contributed by atoms with Crippen LogP contribution in [0.4, 0.5) is 10.1 Å². The Morgan fingerprint density at radius 1 is 1.26 bits per heavy atom. The molecule has 0 saturated carbocycles. The van der Waals surface area contributed by atoms with Crippen molar-refractivity contribution in [3.8, 4) is 6.07 Å². The zero-order valence-electron chi connectivity index (χ0n) is 9.70. The molecule has 2 nitrogen and oxygen atoms in total. The van der Waals surface area contributed by atoms with Crippen molar-refractivity contribution < 1.29 is 4.39 Å². The van der Waals surface area contributed by atoms with E-state index in [0.717, 1.165) is 4.47 Å². The van der Waals surface area contributed by atoms with Gasteiger partial charge in [-0.05, 0) is 30.3 Å². The summed E-state index contributed by atoms with van der Waals surface area (Å²) in [5.41, 5.74) is 0.867. The molecule has 1 atom stereocenters. The molecule has 0 aliphatic rings. The number of nitrogens with one attached hydrogen (secondary N) is 1. The number of anilines is 1. The minimum atomic E-state index is -0.844. The lowest BCUT2D eigenvalue weighted by molar-refractivity contribution is 0.607. The smallest absolute Gasteiger partial charge is 0.144 e. The van der Waals surface area contributed by atoms with Crippen LogP contribution in [0.5, 0.6) is 0 Å². The maximum absolute atomic E-state index is 13.8. The fraction of sp³-hybridized carbons (Fsp3) is 0.0714. The first-order chi connectivity index (χ1) is 9.11. The molecular formula is C14H9BrClFN2. The fourth-order valence-electron chi connectivity index (χ4n) is 1.70. The summed E-state index contributed by atoms with van der Waals surface area (Å²) in [5.74, 6) is -0.499. The summed E-state index contributed by atoms with van der Waals surface area (Å²) in [6.45, 7) is 0. The lowest BCUT2D eigenvalue weighted by Gasteiger charge is -2.15. The van der Waals surface area contributed by atoms with Gasteiger partial charge in [0.05, 0.1) is 6.07 Å². The van der Waals surface area contributed by atoms with E-state index in [2.05, 4.69) is 21.2 Å². The van der Waals surface area contributed by atoms with Crippen molar-refractivity contribution in [2.75, 3.05) is 5.32 Å². The predicted octanol–water partition coefficient (Wildman–Crippen LogP) is 4.92. The van der Waals surface area contributed by atoms with E-state index in [-0.39, 0.29) is 10.6 Å². The highest BCUT2D eigenvalue weighted by atomic mass is 79.9. The van der Waals surface area contributed by atoms with Crippen LogP contribution in [0, 0.1) is 17.1 Å². The Balaban J connectivity index is 2.34. The highest BCUT2D eigenvalue weighted by Crippen LogP contribution is 2.29. The van der Waals surface area contributed by atoms with Gasteiger partial charge in [-0.2, -0.15) is 5.26 Å². The first-order valence-corrected chi connectivity index (χ1v) is 6.64. The van der Waals surface area contributed by atoms with Gasteiger partial charge in [-0.25, -0.2) is 4.39 Å². The molecule has 0 spiro atoms. The molecule has 96 valence electrons. The molecule has 0 bridgehead atoms. The fourth-order valence-corrected chi connectivity index (χ4v) is 2.37. The zero-order chi connectivity index (χ0) is 13.8. The van der Waals surface area contributed by atoms with E-state index in [1.165, 1.54) is 12.1 Å². The number of nitriles is 1. The van der Waals surface area contributed by atoms with Crippen LogP contribution < -0.4 is 5.32 Å². The molecule has 2 rings (SSSR count). The summed E-state index contributed by atoms with van der Waals surface area (Å²) < 4.78 is 14.7. The Bertz CT molecular complexity index is 619. The van der Waals surface area contributed by atoms with Crippen molar-refractivity contribution in [2.45, 2.75) is 6.04 Å². The maximum atomic E-state index is 13.8. The van der Waals surface area contributed by atoms with Crippen LogP contribution in [0.1, 0.15) is 11.6 Å². The molecule has 0 amide bonds. The second-order valence-corrected chi connectivity index (χ2v) is 5.18. The van der Waals surface area contributed by atoms with Crippen LogP contribution >= 0.6 is 27.5 Å². The number of halogens is 3. The molecule has 19 heavy (non-hydrogen) atoms. The van der Waals surface area contributed by atoms with Crippen molar-refractivity contribution in [2.24, 2.45) is 0 Å². The predicted molar refractivity (Wildman–Crippen MR) is 77.5 cm³/mol. The van der Waals surface area contributed by atoms with Gasteiger partial charge in [-0.3, -0.25) is 0 Å². The van der Waals surface area contributed by atoms with Gasteiger partial charge in [0.1, 0.15) is 11.9 Å². The average Bonchev–Trinajstić information content (AvgIpc) is 2.37. The molecule has 0 aliphatic heterocycles. The van der Waals surface area contributed by atoms with Crippen LogP contribution in [0.2, 0.25) is 5.02 Å². The Kier molecular flexibility index (Phi) is 4.41. The summed E-state index contributed by atoms with van der Waals surface area (Å²) in [6.07, 6.45) is 0. The quantitative estimate of drug-likeness (QED) is 0.861. The van der Waals surface area contributed by atoms with Gasteiger partial charge in [0.15, 0.2) is 0 Å². The number of nitrogens with zero attached hydrogens (tertiary/aromatic N) is 1. The highest BCUT2D eigenvalue weighted by Gasteiger charge is 2.18. The molecule has 0 fully saturated rings. The minimum absolute atomic E-state index is 0.159. The summed E-state index contributed by atoms with van der Waals surface area (Å²) in [7, 11) is 0. The Hall–Kier alpha value is -1.57. The van der Waals surface area contributed by atoms with E-state index in [1.54, 1.807) is 18.2 Å². The topological polar surface area (TPSA) is 35.8 Å². The summed E-state index contributed by atoms with van der Waals surface area (Å²) in [4.78, 5) is 0. The zero-order valence-corrected chi connectivity index (χ0v) is 12.0. The third-order valence-electron chi connectivity index (χ3n) is 2.55. The first kappa shape index (κ1) is 13.9. The first-order valence-electron chi connectivity index (χ1n) is 5.47. The highest BCUT2D eigenvalue weighted by molar-refractivity contribution is 9.10. The molecule has 5 heteroatoms. The van der Waals surface area contributed by atoms with E-state index in [9.17, 15) is 9.65 Å². The second kappa shape index (κ2) is 6.05. The van der Waals surface area contributed by atoms with E-state index < -0.39 is 11.9 Å². The Labute approximate surface area is 123 Å². The van der Waals surface area contributed by atoms with Gasteiger partial charge in [0.25, 0.3) is 0 Å². The molecule has 0 aromatic heterocycles. The molecule has 0 aliphatic carbocycles. The number of hydrogen-bond donors (Lipinski definition) is 1. The number of rotatable bonds is 3. The molecule has 0 saturated heterocycles. The largest absolute Gasteiger partial charge is 0.366 e. The Morgan fingerprint density at radius 3 is 2.63 bits per heavy atom. The van der Waals surface area contributed by atoms with Gasteiger partial charge in [0.2, 0.25) is 0 Å². The second-order valence-electron chi connectivity index (χ2n) is 3.85. The van der Waals surface area contributed by atoms with Gasteiger partial charge >= 0.3 is 0 Å². The number of hydrogen-bond acceptors (Lipinski definition) is 2. The van der Waals surface area contributed by atoms with Gasteiger partial charge in [0, 0.05) is 20.7 Å². The molecule has 0 radical (unpaired) electrons. The monoisotopic (exact) mass is 338 g/mol. The molecule has 2 aromatic carbocycles. The molecule has 0 heterocycles. The maximum Gasteiger partial charge on any atom is 0.144 e. The van der Waals surface area contributed by atoms with Crippen molar-refractivity contribution in [3.05, 3.63) is 63.3 Å². The Morgan fingerprint density at radius 2 is 2.00 bits per heavy atom. The lowest BCUT2D eigenvalue weighted by atomic mass is 10.1. The van der Waals surface area contributed by atoms with Crippen LogP contribution in [-0.2, 0) is 0 Å². The molecule has 1 unspecified atom stereocenters. The van der Waals surface area contributed by atoms with Crippen LogP contribution in [-0.4, -0.2) is 0 Å². The van der Waals surface area contributed by atoms with E-state index >= 15 is 0 Å². The van der Waals surface area contributed by atoms with Gasteiger partial charge < -0.3 is 5.32 Å². The average molecular weight is 340 g/mol. The van der Waals surface area contributed by atoms with Crippen molar-refractivity contribution in [1.29, 1.82) is 5.26 Å². The number of benzene rings is 2. The van der Waals surface area contributed by atoms with Crippen LogP contribution in [0.3, 0.4) is 0 Å². The molecule has 2 aromatic rings. The standard InChI is InChI=1S/C14H9BrClFN2/c15-9-3-1-4-10(7-9)19-13(8-18)14-11(16)5-2-6-12(14)17/h1-7,13,19H. The van der Waals surface area contributed by atoms with Crippen LogP contribution in [0.15, 0.2) is 46.9 Å². The lowest BCUT2D eigenvalue weighted by Crippen LogP contribution is -2.11. The van der Waals surface area contributed by atoms with Gasteiger partial charge in [-0.1, -0.05) is 39.7 Å². The van der Waals surface area contributed by atoms with Crippen molar-refractivity contribution in [3.63, 3.8) is 0 Å². The third-order valence-corrected chi connectivity index (χ3v) is 3.38. The normalized spacial score (nSPS) is 11.7. The molecule has 1 N–H and O–H groups in total.